The Balaban J connectivity index is 2.32. The molecule has 1 saturated carbocycles. The molecule has 0 aromatic carbocycles. The zero-order chi connectivity index (χ0) is 11.6. The first-order chi connectivity index (χ1) is 7.65. The number of rotatable bonds is 2. The van der Waals surface area contributed by atoms with E-state index < -0.39 is 11.5 Å². The first kappa shape index (κ1) is 11.9. The van der Waals surface area contributed by atoms with Gasteiger partial charge in [-0.05, 0) is 31.2 Å². The number of halogens is 1. The molecule has 0 aliphatic heterocycles. The topological polar surface area (TPSA) is 33.1 Å². The molecule has 1 heterocycles. The molecule has 1 aliphatic rings. The fraction of sp³-hybridized carbons (Fsp3) is 0.583. The van der Waals surface area contributed by atoms with Crippen molar-refractivity contribution in [2.24, 2.45) is 0 Å². The van der Waals surface area contributed by atoms with Crippen LogP contribution in [-0.2, 0) is 5.60 Å². The van der Waals surface area contributed by atoms with Crippen LogP contribution in [0.4, 0.5) is 4.39 Å². The average molecular weight is 241 g/mol. The second-order valence-electron chi connectivity index (χ2n) is 4.28. The lowest BCUT2D eigenvalue weighted by Crippen LogP contribution is -2.30. The normalized spacial score (nSPS) is 19.7. The Morgan fingerprint density at radius 1 is 1.31 bits per heavy atom. The summed E-state index contributed by atoms with van der Waals surface area (Å²) in [5.41, 5.74) is -0.628. The van der Waals surface area contributed by atoms with Gasteiger partial charge in [-0.1, -0.05) is 19.3 Å². The number of nitrogens with zero attached hydrogens (tertiary/aromatic N) is 1. The average Bonchev–Trinajstić information content (AvgIpc) is 2.29. The van der Waals surface area contributed by atoms with E-state index in [-0.39, 0.29) is 0 Å². The zero-order valence-corrected chi connectivity index (χ0v) is 10.2. The van der Waals surface area contributed by atoms with Crippen LogP contribution in [0, 0.1) is 5.95 Å². The van der Waals surface area contributed by atoms with Crippen molar-refractivity contribution < 1.29 is 9.50 Å². The quantitative estimate of drug-likeness (QED) is 0.638. The Bertz CT molecular complexity index is 377. The highest BCUT2D eigenvalue weighted by atomic mass is 32.2. The summed E-state index contributed by atoms with van der Waals surface area (Å²) in [6, 6.07) is 3.45. The van der Waals surface area contributed by atoms with E-state index in [1.807, 2.05) is 6.26 Å². The molecule has 0 amide bonds. The van der Waals surface area contributed by atoms with Crippen LogP contribution in [-0.4, -0.2) is 16.3 Å². The van der Waals surface area contributed by atoms with Crippen molar-refractivity contribution >= 4 is 11.8 Å². The molecule has 0 radical (unpaired) electrons. The minimum atomic E-state index is -0.994. The molecule has 0 unspecified atom stereocenters. The molecular formula is C12H16FNOS. The SMILES string of the molecule is CSc1ccc(C2(O)CCCCC2)c(F)n1. The third-order valence-electron chi connectivity index (χ3n) is 3.21. The van der Waals surface area contributed by atoms with Crippen molar-refractivity contribution in [1.82, 2.24) is 4.98 Å². The van der Waals surface area contributed by atoms with Gasteiger partial charge in [-0.25, -0.2) is 4.98 Å². The van der Waals surface area contributed by atoms with E-state index in [1.54, 1.807) is 12.1 Å². The maximum absolute atomic E-state index is 13.8. The van der Waals surface area contributed by atoms with Gasteiger partial charge < -0.3 is 5.11 Å². The molecule has 0 atom stereocenters. The summed E-state index contributed by atoms with van der Waals surface area (Å²) in [7, 11) is 0. The largest absolute Gasteiger partial charge is 0.385 e. The smallest absolute Gasteiger partial charge is 0.220 e. The summed E-state index contributed by atoms with van der Waals surface area (Å²) in [5.74, 6) is -0.517. The van der Waals surface area contributed by atoms with Crippen LogP contribution < -0.4 is 0 Å². The summed E-state index contributed by atoms with van der Waals surface area (Å²) in [5, 5.41) is 11.1. The predicted octanol–water partition coefficient (Wildman–Crippen LogP) is 3.09. The molecule has 1 aliphatic carbocycles. The lowest BCUT2D eigenvalue weighted by Gasteiger charge is -2.32. The maximum Gasteiger partial charge on any atom is 0.220 e. The highest BCUT2D eigenvalue weighted by Crippen LogP contribution is 2.38. The molecule has 1 aromatic heterocycles. The molecule has 0 saturated heterocycles. The van der Waals surface area contributed by atoms with Gasteiger partial charge in [-0.15, -0.1) is 11.8 Å². The van der Waals surface area contributed by atoms with Gasteiger partial charge in [0, 0.05) is 5.56 Å². The first-order valence-electron chi connectivity index (χ1n) is 5.59. The fourth-order valence-corrected chi connectivity index (χ4v) is 2.66. The van der Waals surface area contributed by atoms with Crippen LogP contribution in [0.5, 0.6) is 0 Å². The van der Waals surface area contributed by atoms with E-state index in [1.165, 1.54) is 11.8 Å². The Hall–Kier alpha value is -0.610. The van der Waals surface area contributed by atoms with Crippen molar-refractivity contribution in [1.29, 1.82) is 0 Å². The molecular weight excluding hydrogens is 225 g/mol. The third-order valence-corrected chi connectivity index (χ3v) is 3.86. The summed E-state index contributed by atoms with van der Waals surface area (Å²) < 4.78 is 13.8. The molecule has 1 aromatic rings. The maximum atomic E-state index is 13.8. The predicted molar refractivity (Wildman–Crippen MR) is 63.0 cm³/mol. The van der Waals surface area contributed by atoms with Crippen molar-refractivity contribution in [3.63, 3.8) is 0 Å². The lowest BCUT2D eigenvalue weighted by atomic mass is 9.80. The molecule has 1 fully saturated rings. The Morgan fingerprint density at radius 3 is 2.56 bits per heavy atom. The molecule has 2 nitrogen and oxygen atoms in total. The van der Waals surface area contributed by atoms with Crippen molar-refractivity contribution in [3.05, 3.63) is 23.6 Å². The van der Waals surface area contributed by atoms with E-state index in [0.717, 1.165) is 19.3 Å². The third kappa shape index (κ3) is 2.23. The first-order valence-corrected chi connectivity index (χ1v) is 6.81. The van der Waals surface area contributed by atoms with E-state index >= 15 is 0 Å². The molecule has 0 spiro atoms. The van der Waals surface area contributed by atoms with E-state index in [0.29, 0.717) is 23.4 Å². The Kier molecular flexibility index (Phi) is 3.50. The van der Waals surface area contributed by atoms with Gasteiger partial charge in [0.1, 0.15) is 0 Å². The monoisotopic (exact) mass is 241 g/mol. The molecule has 4 heteroatoms. The van der Waals surface area contributed by atoms with Gasteiger partial charge in [-0.3, -0.25) is 0 Å². The van der Waals surface area contributed by atoms with E-state index in [2.05, 4.69) is 4.98 Å². The van der Waals surface area contributed by atoms with Gasteiger partial charge in [-0.2, -0.15) is 4.39 Å². The highest BCUT2D eigenvalue weighted by molar-refractivity contribution is 7.98. The summed E-state index contributed by atoms with van der Waals surface area (Å²) in [4.78, 5) is 3.85. The van der Waals surface area contributed by atoms with Crippen molar-refractivity contribution in [2.75, 3.05) is 6.26 Å². The highest BCUT2D eigenvalue weighted by Gasteiger charge is 2.34. The molecule has 0 bridgehead atoms. The standard InChI is InChI=1S/C12H16FNOS/c1-16-10-6-5-9(11(13)14-10)12(15)7-3-2-4-8-12/h5-6,15H,2-4,7-8H2,1H3. The number of hydrogen-bond donors (Lipinski definition) is 1. The number of aromatic nitrogens is 1. The number of pyridine rings is 1. The van der Waals surface area contributed by atoms with Crippen LogP contribution >= 0.6 is 11.8 Å². The molecule has 88 valence electrons. The van der Waals surface area contributed by atoms with Gasteiger partial charge in [0.15, 0.2) is 0 Å². The number of hydrogen-bond acceptors (Lipinski definition) is 3. The summed E-state index contributed by atoms with van der Waals surface area (Å²) in [6.07, 6.45) is 6.19. The fourth-order valence-electron chi connectivity index (χ4n) is 2.28. The lowest BCUT2D eigenvalue weighted by molar-refractivity contribution is -0.00453. The summed E-state index contributed by atoms with van der Waals surface area (Å²) >= 11 is 1.40. The van der Waals surface area contributed by atoms with Crippen molar-refractivity contribution in [3.8, 4) is 0 Å². The second kappa shape index (κ2) is 4.72. The van der Waals surface area contributed by atoms with Crippen LogP contribution in [0.1, 0.15) is 37.7 Å². The van der Waals surface area contributed by atoms with Gasteiger partial charge >= 0.3 is 0 Å². The Labute approximate surface area is 99.3 Å². The van der Waals surface area contributed by atoms with E-state index in [4.69, 9.17) is 0 Å². The van der Waals surface area contributed by atoms with E-state index in [9.17, 15) is 9.50 Å². The molecule has 2 rings (SSSR count). The Morgan fingerprint density at radius 2 is 2.00 bits per heavy atom. The minimum absolute atomic E-state index is 0.366. The van der Waals surface area contributed by atoms with Crippen LogP contribution in [0.2, 0.25) is 0 Å². The van der Waals surface area contributed by atoms with Crippen LogP contribution in [0.25, 0.3) is 0 Å². The summed E-state index contributed by atoms with van der Waals surface area (Å²) in [6.45, 7) is 0. The number of thioether (sulfide) groups is 1. The van der Waals surface area contributed by atoms with Gasteiger partial charge in [0.25, 0.3) is 0 Å². The zero-order valence-electron chi connectivity index (χ0n) is 9.37. The van der Waals surface area contributed by atoms with Crippen LogP contribution in [0.3, 0.4) is 0 Å². The minimum Gasteiger partial charge on any atom is -0.385 e. The van der Waals surface area contributed by atoms with Crippen molar-refractivity contribution in [2.45, 2.75) is 42.7 Å². The molecule has 16 heavy (non-hydrogen) atoms. The number of aliphatic hydroxyl groups is 1. The second-order valence-corrected chi connectivity index (χ2v) is 5.11. The molecule has 1 N–H and O–H groups in total. The van der Waals surface area contributed by atoms with Crippen LogP contribution in [0.15, 0.2) is 17.2 Å². The van der Waals surface area contributed by atoms with Gasteiger partial charge in [0.2, 0.25) is 5.95 Å². The van der Waals surface area contributed by atoms with Gasteiger partial charge in [0.05, 0.1) is 10.6 Å².